The lowest BCUT2D eigenvalue weighted by Gasteiger charge is -2.09. The number of carbonyl (C=O) groups excluding carboxylic acids is 1. The highest BCUT2D eigenvalue weighted by atomic mass is 32.2. The minimum atomic E-state index is -4.44. The van der Waals surface area contributed by atoms with E-state index >= 15 is 0 Å². The molecule has 0 spiro atoms. The number of nitrogens with one attached hydrogen (secondary N) is 2. The predicted molar refractivity (Wildman–Crippen MR) is 110 cm³/mol. The molecule has 2 aromatic carbocycles. The number of halogens is 3. The molecule has 31 heavy (non-hydrogen) atoms. The first-order valence-electron chi connectivity index (χ1n) is 8.78. The van der Waals surface area contributed by atoms with Gasteiger partial charge in [0.15, 0.2) is 5.13 Å². The van der Waals surface area contributed by atoms with E-state index in [2.05, 4.69) is 15.6 Å². The van der Waals surface area contributed by atoms with Gasteiger partial charge in [0.05, 0.1) is 22.6 Å². The normalized spacial score (nSPS) is 11.9. The topological polar surface area (TPSA) is 114 Å². The summed E-state index contributed by atoms with van der Waals surface area (Å²) in [5.74, 6) is -0.313. The van der Waals surface area contributed by atoms with E-state index in [9.17, 15) is 26.4 Å². The first-order chi connectivity index (χ1) is 14.5. The zero-order valence-electron chi connectivity index (χ0n) is 15.8. The number of amides is 1. The van der Waals surface area contributed by atoms with E-state index in [4.69, 9.17) is 5.14 Å². The second-order valence-corrected chi connectivity index (χ2v) is 8.91. The summed E-state index contributed by atoms with van der Waals surface area (Å²) in [4.78, 5) is 16.3. The summed E-state index contributed by atoms with van der Waals surface area (Å²) in [7, 11) is -3.78. The Bertz CT molecular complexity index is 1180. The van der Waals surface area contributed by atoms with E-state index in [1.165, 1.54) is 35.6 Å². The van der Waals surface area contributed by atoms with Gasteiger partial charge < -0.3 is 10.6 Å². The van der Waals surface area contributed by atoms with E-state index in [0.29, 0.717) is 16.4 Å². The number of nitrogens with zero attached hydrogens (tertiary/aromatic N) is 1. The first-order valence-corrected chi connectivity index (χ1v) is 11.2. The number of hydrogen-bond acceptors (Lipinski definition) is 6. The molecule has 0 aliphatic rings. The van der Waals surface area contributed by atoms with Gasteiger partial charge in [0.2, 0.25) is 15.9 Å². The molecule has 0 bridgehead atoms. The largest absolute Gasteiger partial charge is 0.416 e. The highest BCUT2D eigenvalue weighted by Gasteiger charge is 2.30. The van der Waals surface area contributed by atoms with Crippen LogP contribution in [0.4, 0.5) is 24.0 Å². The lowest BCUT2D eigenvalue weighted by molar-refractivity contribution is -0.137. The van der Waals surface area contributed by atoms with Crippen molar-refractivity contribution in [1.29, 1.82) is 0 Å². The van der Waals surface area contributed by atoms with Crippen LogP contribution < -0.4 is 15.8 Å². The van der Waals surface area contributed by atoms with Crippen LogP contribution in [0, 0.1) is 0 Å². The van der Waals surface area contributed by atoms with Crippen molar-refractivity contribution in [2.75, 3.05) is 5.32 Å². The van der Waals surface area contributed by atoms with Crippen LogP contribution in [0.5, 0.6) is 0 Å². The molecule has 3 aromatic rings. The Labute approximate surface area is 180 Å². The van der Waals surface area contributed by atoms with Crippen LogP contribution >= 0.6 is 11.3 Å². The van der Waals surface area contributed by atoms with Crippen LogP contribution in [0.2, 0.25) is 0 Å². The Morgan fingerprint density at radius 3 is 2.48 bits per heavy atom. The van der Waals surface area contributed by atoms with Crippen molar-refractivity contribution in [1.82, 2.24) is 10.3 Å². The number of primary sulfonamides is 1. The number of nitrogens with two attached hydrogens (primary N) is 1. The van der Waals surface area contributed by atoms with Gasteiger partial charge in [0.25, 0.3) is 0 Å². The Morgan fingerprint density at radius 1 is 1.13 bits per heavy atom. The quantitative estimate of drug-likeness (QED) is 0.490. The molecule has 0 aliphatic heterocycles. The molecule has 7 nitrogen and oxygen atoms in total. The molecule has 1 heterocycles. The minimum absolute atomic E-state index is 0.0178. The van der Waals surface area contributed by atoms with Gasteiger partial charge >= 0.3 is 6.18 Å². The Balaban J connectivity index is 1.54. The van der Waals surface area contributed by atoms with Crippen molar-refractivity contribution >= 4 is 38.1 Å². The third-order valence-electron chi connectivity index (χ3n) is 4.08. The molecule has 0 saturated heterocycles. The van der Waals surface area contributed by atoms with Gasteiger partial charge in [-0.2, -0.15) is 13.2 Å². The summed E-state index contributed by atoms with van der Waals surface area (Å²) in [6.07, 6.45) is -4.46. The summed E-state index contributed by atoms with van der Waals surface area (Å²) in [6, 6.07) is 10.5. The van der Waals surface area contributed by atoms with Crippen molar-refractivity contribution in [2.45, 2.75) is 24.0 Å². The molecule has 12 heteroatoms. The van der Waals surface area contributed by atoms with Crippen LogP contribution in [-0.2, 0) is 34.0 Å². The zero-order valence-corrected chi connectivity index (χ0v) is 17.4. The summed E-state index contributed by atoms with van der Waals surface area (Å²) in [5, 5.41) is 12.5. The lowest BCUT2D eigenvalue weighted by atomic mass is 10.2. The van der Waals surface area contributed by atoms with Crippen LogP contribution in [0.25, 0.3) is 0 Å². The summed E-state index contributed by atoms with van der Waals surface area (Å²) in [6.45, 7) is 0.184. The molecule has 0 fully saturated rings. The van der Waals surface area contributed by atoms with Gasteiger partial charge in [-0.3, -0.25) is 4.79 Å². The smallest absolute Gasteiger partial charge is 0.352 e. The maximum atomic E-state index is 12.8. The minimum Gasteiger partial charge on any atom is -0.352 e. The fourth-order valence-corrected chi connectivity index (χ4v) is 3.81. The number of rotatable bonds is 7. The number of sulfonamides is 1. The summed E-state index contributed by atoms with van der Waals surface area (Å²) >= 11 is 1.17. The number of alkyl halides is 3. The van der Waals surface area contributed by atoms with Crippen LogP contribution in [0.1, 0.15) is 16.8 Å². The number of hydrogen-bond donors (Lipinski definition) is 3. The van der Waals surface area contributed by atoms with E-state index in [0.717, 1.165) is 12.1 Å². The predicted octanol–water partition coefficient (Wildman–Crippen LogP) is 3.41. The first kappa shape index (κ1) is 22.7. The standard InChI is InChI=1S/C19H17F3N4O3S2/c20-19(21,22)13-2-1-3-14(8-13)25-18-26-15(11-30-18)9-17(27)24-10-12-4-6-16(7-5-12)31(23,28)29/h1-8,11H,9-10H2,(H,24,27)(H,25,26)(H2,23,28,29). The van der Waals surface area contributed by atoms with E-state index in [1.54, 1.807) is 17.5 Å². The summed E-state index contributed by atoms with van der Waals surface area (Å²) in [5.41, 5.74) is 0.612. The molecule has 0 saturated carbocycles. The van der Waals surface area contributed by atoms with Crippen molar-refractivity contribution < 1.29 is 26.4 Å². The molecule has 3 rings (SSSR count). The van der Waals surface area contributed by atoms with Crippen LogP contribution in [0.15, 0.2) is 58.8 Å². The Morgan fingerprint density at radius 2 is 1.84 bits per heavy atom. The number of benzene rings is 2. The molecule has 4 N–H and O–H groups in total. The lowest BCUT2D eigenvalue weighted by Crippen LogP contribution is -2.24. The van der Waals surface area contributed by atoms with Gasteiger partial charge in [-0.15, -0.1) is 11.3 Å². The highest BCUT2D eigenvalue weighted by molar-refractivity contribution is 7.89. The van der Waals surface area contributed by atoms with E-state index in [-0.39, 0.29) is 29.5 Å². The van der Waals surface area contributed by atoms with Crippen LogP contribution in [0.3, 0.4) is 0 Å². The molecule has 1 aromatic heterocycles. The van der Waals surface area contributed by atoms with E-state index < -0.39 is 21.8 Å². The number of thiazole rings is 1. The van der Waals surface area contributed by atoms with E-state index in [1.807, 2.05) is 0 Å². The molecule has 0 aliphatic carbocycles. The maximum absolute atomic E-state index is 12.8. The van der Waals surface area contributed by atoms with Gasteiger partial charge in [-0.05, 0) is 35.9 Å². The van der Waals surface area contributed by atoms with Crippen molar-refractivity contribution in [2.24, 2.45) is 5.14 Å². The maximum Gasteiger partial charge on any atom is 0.416 e. The molecule has 164 valence electrons. The second kappa shape index (κ2) is 9.04. The zero-order chi connectivity index (χ0) is 22.6. The number of aromatic nitrogens is 1. The van der Waals surface area contributed by atoms with Crippen molar-refractivity contribution in [3.05, 3.63) is 70.7 Å². The monoisotopic (exact) mass is 470 g/mol. The second-order valence-electron chi connectivity index (χ2n) is 6.49. The fraction of sp³-hybridized carbons (Fsp3) is 0.158. The van der Waals surface area contributed by atoms with Gasteiger partial charge in [-0.25, -0.2) is 18.5 Å². The Kier molecular flexibility index (Phi) is 6.62. The fourth-order valence-electron chi connectivity index (χ4n) is 2.57. The molecule has 1 amide bonds. The molecule has 0 unspecified atom stereocenters. The third-order valence-corrected chi connectivity index (χ3v) is 5.81. The third kappa shape index (κ3) is 6.51. The van der Waals surface area contributed by atoms with Crippen molar-refractivity contribution in [3.8, 4) is 0 Å². The van der Waals surface area contributed by atoms with Gasteiger partial charge in [0, 0.05) is 17.6 Å². The Hall–Kier alpha value is -2.96. The molecule has 0 atom stereocenters. The van der Waals surface area contributed by atoms with Gasteiger partial charge in [0.1, 0.15) is 0 Å². The van der Waals surface area contributed by atoms with Gasteiger partial charge in [-0.1, -0.05) is 18.2 Å². The number of anilines is 2. The number of carbonyl (C=O) groups is 1. The average Bonchev–Trinajstić information content (AvgIpc) is 3.12. The SMILES string of the molecule is NS(=O)(=O)c1ccc(CNC(=O)Cc2csc(Nc3cccc(C(F)(F)F)c3)n2)cc1. The molecular weight excluding hydrogens is 453 g/mol. The summed E-state index contributed by atoms with van der Waals surface area (Å²) < 4.78 is 60.9. The highest BCUT2D eigenvalue weighted by Crippen LogP contribution is 2.31. The van der Waals surface area contributed by atoms with Crippen molar-refractivity contribution in [3.63, 3.8) is 0 Å². The van der Waals surface area contributed by atoms with Crippen LogP contribution in [-0.4, -0.2) is 19.3 Å². The molecule has 0 radical (unpaired) electrons. The molecular formula is C19H17F3N4O3S2. The average molecular weight is 470 g/mol.